The summed E-state index contributed by atoms with van der Waals surface area (Å²) in [6, 6.07) is 2.83. The summed E-state index contributed by atoms with van der Waals surface area (Å²) in [6.45, 7) is 4.84. The van der Waals surface area contributed by atoms with Crippen molar-refractivity contribution in [1.29, 1.82) is 5.26 Å². The molecule has 0 spiro atoms. The van der Waals surface area contributed by atoms with Gasteiger partial charge in [-0.15, -0.1) is 0 Å². The van der Waals surface area contributed by atoms with Crippen molar-refractivity contribution in [1.82, 2.24) is 0 Å². The third kappa shape index (κ3) is 3.25. The minimum Gasteiger partial charge on any atom is -0.456 e. The predicted molar refractivity (Wildman–Crippen MR) is 56.2 cm³/mol. The zero-order valence-electron chi connectivity index (χ0n) is 9.67. The van der Waals surface area contributed by atoms with E-state index in [9.17, 15) is 13.6 Å². The molecule has 0 fully saturated rings. The van der Waals surface area contributed by atoms with Crippen LogP contribution in [-0.2, 0) is 4.74 Å². The van der Waals surface area contributed by atoms with E-state index in [1.165, 1.54) is 6.07 Å². The van der Waals surface area contributed by atoms with Crippen molar-refractivity contribution in [3.8, 4) is 6.07 Å². The van der Waals surface area contributed by atoms with Crippen LogP contribution >= 0.6 is 0 Å². The number of ether oxygens (including phenoxy) is 1. The minimum atomic E-state index is -0.975. The van der Waals surface area contributed by atoms with Crippen molar-refractivity contribution in [2.45, 2.75) is 26.4 Å². The second-order valence-corrected chi connectivity index (χ2v) is 4.43. The van der Waals surface area contributed by atoms with Gasteiger partial charge in [0.1, 0.15) is 23.3 Å². The molecule has 0 unspecified atom stereocenters. The van der Waals surface area contributed by atoms with Gasteiger partial charge in [0, 0.05) is 0 Å². The molecule has 0 radical (unpaired) electrons. The molecule has 0 aromatic heterocycles. The Labute approximate surface area is 97.6 Å². The molecule has 0 amide bonds. The first-order valence-corrected chi connectivity index (χ1v) is 4.87. The summed E-state index contributed by atoms with van der Waals surface area (Å²) in [5.74, 6) is -2.88. The van der Waals surface area contributed by atoms with E-state index < -0.39 is 34.3 Å². The molecule has 0 aliphatic heterocycles. The number of carbonyl (C=O) groups excluding carboxylic acids is 1. The lowest BCUT2D eigenvalue weighted by molar-refractivity contribution is 0.00641. The summed E-state index contributed by atoms with van der Waals surface area (Å²) in [4.78, 5) is 11.5. The number of rotatable bonds is 1. The van der Waals surface area contributed by atoms with Gasteiger partial charge in [-0.05, 0) is 32.9 Å². The summed E-state index contributed by atoms with van der Waals surface area (Å²) < 4.78 is 31.6. The molecular weight excluding hydrogens is 228 g/mol. The Morgan fingerprint density at radius 1 is 1.29 bits per heavy atom. The van der Waals surface area contributed by atoms with Crippen molar-refractivity contribution in [2.75, 3.05) is 0 Å². The molecule has 0 saturated carbocycles. The Morgan fingerprint density at radius 3 is 2.35 bits per heavy atom. The van der Waals surface area contributed by atoms with E-state index >= 15 is 0 Å². The van der Waals surface area contributed by atoms with E-state index in [1.54, 1.807) is 20.8 Å². The smallest absolute Gasteiger partial charge is 0.341 e. The lowest BCUT2D eigenvalue weighted by Gasteiger charge is -2.19. The zero-order valence-corrected chi connectivity index (χ0v) is 9.67. The van der Waals surface area contributed by atoms with Gasteiger partial charge in [0.05, 0.1) is 11.1 Å². The van der Waals surface area contributed by atoms with Crippen LogP contribution in [0, 0.1) is 23.0 Å². The number of hydrogen-bond acceptors (Lipinski definition) is 3. The molecule has 3 nitrogen and oxygen atoms in total. The standard InChI is InChI=1S/C12H11F2NO2/c1-12(2,3)17-11(16)8-5-9(13)7(6-15)4-10(8)14/h4-5H,1-3H3. The van der Waals surface area contributed by atoms with Crippen molar-refractivity contribution < 1.29 is 18.3 Å². The number of benzene rings is 1. The van der Waals surface area contributed by atoms with Gasteiger partial charge in [-0.2, -0.15) is 5.26 Å². The molecule has 0 bridgehead atoms. The van der Waals surface area contributed by atoms with Gasteiger partial charge in [0.25, 0.3) is 0 Å². The molecular formula is C12H11F2NO2. The largest absolute Gasteiger partial charge is 0.456 e. The van der Waals surface area contributed by atoms with Crippen LogP contribution in [0.1, 0.15) is 36.7 Å². The second-order valence-electron chi connectivity index (χ2n) is 4.43. The highest BCUT2D eigenvalue weighted by Gasteiger charge is 2.22. The normalized spacial score (nSPS) is 10.8. The highest BCUT2D eigenvalue weighted by atomic mass is 19.1. The van der Waals surface area contributed by atoms with Crippen LogP contribution in [0.3, 0.4) is 0 Å². The SMILES string of the molecule is CC(C)(C)OC(=O)c1cc(F)c(C#N)cc1F. The average molecular weight is 239 g/mol. The topological polar surface area (TPSA) is 50.1 Å². The molecule has 17 heavy (non-hydrogen) atoms. The van der Waals surface area contributed by atoms with Crippen molar-refractivity contribution in [3.63, 3.8) is 0 Å². The summed E-state index contributed by atoms with van der Waals surface area (Å²) in [7, 11) is 0. The van der Waals surface area contributed by atoms with Gasteiger partial charge in [-0.3, -0.25) is 0 Å². The van der Waals surface area contributed by atoms with Gasteiger partial charge < -0.3 is 4.74 Å². The Balaban J connectivity index is 3.13. The highest BCUT2D eigenvalue weighted by molar-refractivity contribution is 5.90. The lowest BCUT2D eigenvalue weighted by Crippen LogP contribution is -2.24. The molecule has 0 atom stereocenters. The van der Waals surface area contributed by atoms with Gasteiger partial charge >= 0.3 is 5.97 Å². The number of nitriles is 1. The molecule has 0 N–H and O–H groups in total. The summed E-state index contributed by atoms with van der Waals surface area (Å²) in [6.07, 6.45) is 0. The Hall–Kier alpha value is -1.96. The molecule has 0 saturated heterocycles. The minimum absolute atomic E-state index is 0.449. The van der Waals surface area contributed by atoms with E-state index in [2.05, 4.69) is 0 Å². The maximum absolute atomic E-state index is 13.4. The van der Waals surface area contributed by atoms with E-state index in [0.717, 1.165) is 0 Å². The summed E-state index contributed by atoms with van der Waals surface area (Å²) >= 11 is 0. The molecule has 0 heterocycles. The fourth-order valence-corrected chi connectivity index (χ4v) is 1.12. The molecule has 5 heteroatoms. The maximum Gasteiger partial charge on any atom is 0.341 e. The molecule has 1 aromatic carbocycles. The molecule has 0 aliphatic carbocycles. The molecule has 90 valence electrons. The van der Waals surface area contributed by atoms with Crippen LogP contribution in [0.25, 0.3) is 0 Å². The quantitative estimate of drug-likeness (QED) is 0.708. The van der Waals surface area contributed by atoms with E-state index in [-0.39, 0.29) is 0 Å². The van der Waals surface area contributed by atoms with E-state index in [0.29, 0.717) is 12.1 Å². The summed E-state index contributed by atoms with van der Waals surface area (Å²) in [5, 5.41) is 8.49. The van der Waals surface area contributed by atoms with Gasteiger partial charge in [-0.1, -0.05) is 0 Å². The summed E-state index contributed by atoms with van der Waals surface area (Å²) in [5.41, 5.74) is -1.76. The first kappa shape index (κ1) is 13.1. The van der Waals surface area contributed by atoms with Gasteiger partial charge in [0.2, 0.25) is 0 Å². The Bertz CT molecular complexity index is 498. The van der Waals surface area contributed by atoms with Gasteiger partial charge in [0.15, 0.2) is 0 Å². The lowest BCUT2D eigenvalue weighted by atomic mass is 10.1. The van der Waals surface area contributed by atoms with Crippen LogP contribution in [0.5, 0.6) is 0 Å². The monoisotopic (exact) mass is 239 g/mol. The third-order valence-electron chi connectivity index (χ3n) is 1.80. The Kier molecular flexibility index (Phi) is 3.47. The number of hydrogen-bond donors (Lipinski definition) is 0. The zero-order chi connectivity index (χ0) is 13.2. The number of nitrogens with zero attached hydrogens (tertiary/aromatic N) is 1. The van der Waals surface area contributed by atoms with Crippen molar-refractivity contribution in [3.05, 3.63) is 34.9 Å². The predicted octanol–water partition coefficient (Wildman–Crippen LogP) is 2.79. The first-order chi connectivity index (χ1) is 7.74. The van der Waals surface area contributed by atoms with E-state index in [4.69, 9.17) is 10.00 Å². The third-order valence-corrected chi connectivity index (χ3v) is 1.80. The number of esters is 1. The fraction of sp³-hybridized carbons (Fsp3) is 0.333. The maximum atomic E-state index is 13.4. The fourth-order valence-electron chi connectivity index (χ4n) is 1.12. The first-order valence-electron chi connectivity index (χ1n) is 4.87. The van der Waals surface area contributed by atoms with Crippen LogP contribution < -0.4 is 0 Å². The van der Waals surface area contributed by atoms with Crippen molar-refractivity contribution in [2.24, 2.45) is 0 Å². The van der Waals surface area contributed by atoms with E-state index in [1.807, 2.05) is 0 Å². The van der Waals surface area contributed by atoms with Crippen LogP contribution in [0.15, 0.2) is 12.1 Å². The van der Waals surface area contributed by atoms with Crippen LogP contribution in [0.2, 0.25) is 0 Å². The molecule has 0 aliphatic rings. The molecule has 1 aromatic rings. The Morgan fingerprint density at radius 2 is 1.88 bits per heavy atom. The van der Waals surface area contributed by atoms with Crippen molar-refractivity contribution >= 4 is 5.97 Å². The average Bonchev–Trinajstić information content (AvgIpc) is 2.18. The second kappa shape index (κ2) is 4.50. The number of halogens is 2. The van der Waals surface area contributed by atoms with Crippen LogP contribution in [0.4, 0.5) is 8.78 Å². The van der Waals surface area contributed by atoms with Gasteiger partial charge in [-0.25, -0.2) is 13.6 Å². The van der Waals surface area contributed by atoms with Crippen LogP contribution in [-0.4, -0.2) is 11.6 Å². The molecule has 1 rings (SSSR count). The number of carbonyl (C=O) groups is 1. The highest BCUT2D eigenvalue weighted by Crippen LogP contribution is 2.18.